The zero-order valence-corrected chi connectivity index (χ0v) is 16.8. The summed E-state index contributed by atoms with van der Waals surface area (Å²) in [6.07, 6.45) is 0.989. The first-order chi connectivity index (χ1) is 14.2. The summed E-state index contributed by atoms with van der Waals surface area (Å²) in [5.41, 5.74) is 6.36. The van der Waals surface area contributed by atoms with E-state index in [1.807, 2.05) is 6.07 Å². The third-order valence-electron chi connectivity index (χ3n) is 4.95. The summed E-state index contributed by atoms with van der Waals surface area (Å²) < 4.78 is 0. The molecule has 0 radical (unpaired) electrons. The lowest BCUT2D eigenvalue weighted by Crippen LogP contribution is -2.58. The van der Waals surface area contributed by atoms with Crippen molar-refractivity contribution in [1.29, 1.82) is 0 Å². The predicted molar refractivity (Wildman–Crippen MR) is 107 cm³/mol. The van der Waals surface area contributed by atoms with Crippen molar-refractivity contribution in [3.05, 3.63) is 35.9 Å². The van der Waals surface area contributed by atoms with Crippen LogP contribution in [-0.4, -0.2) is 76.1 Å². The zero-order chi connectivity index (χ0) is 22.3. The second kappa shape index (κ2) is 10.7. The van der Waals surface area contributed by atoms with Crippen LogP contribution >= 0.6 is 0 Å². The molecular weight excluding hydrogens is 392 g/mol. The molecule has 30 heavy (non-hydrogen) atoms. The molecule has 1 aromatic rings. The largest absolute Gasteiger partial charge is 0.480 e. The van der Waals surface area contributed by atoms with Gasteiger partial charge in [-0.25, -0.2) is 4.79 Å². The van der Waals surface area contributed by atoms with Crippen molar-refractivity contribution in [2.75, 3.05) is 13.2 Å². The van der Waals surface area contributed by atoms with Crippen LogP contribution < -0.4 is 16.4 Å². The highest BCUT2D eigenvalue weighted by Gasteiger charge is 2.38. The Kier molecular flexibility index (Phi) is 8.31. The van der Waals surface area contributed by atoms with Gasteiger partial charge in [0.15, 0.2) is 0 Å². The summed E-state index contributed by atoms with van der Waals surface area (Å²) in [6, 6.07) is 4.80. The summed E-state index contributed by atoms with van der Waals surface area (Å²) in [7, 11) is 0. The van der Waals surface area contributed by atoms with E-state index in [4.69, 9.17) is 5.73 Å². The summed E-state index contributed by atoms with van der Waals surface area (Å²) in [5.74, 6) is -3.02. The number of aliphatic carboxylic acids is 1. The maximum Gasteiger partial charge on any atom is 0.326 e. The van der Waals surface area contributed by atoms with Gasteiger partial charge in [0, 0.05) is 13.0 Å². The molecule has 0 bridgehead atoms. The lowest BCUT2D eigenvalue weighted by molar-refractivity contribution is -0.150. The van der Waals surface area contributed by atoms with Crippen LogP contribution in [0.3, 0.4) is 0 Å². The summed E-state index contributed by atoms with van der Waals surface area (Å²) in [6.45, 7) is 1.01. The maximum atomic E-state index is 12.8. The van der Waals surface area contributed by atoms with Gasteiger partial charge in [0.05, 0.1) is 12.6 Å². The van der Waals surface area contributed by atoms with Crippen molar-refractivity contribution in [1.82, 2.24) is 15.5 Å². The van der Waals surface area contributed by atoms with Crippen molar-refractivity contribution in [3.63, 3.8) is 0 Å². The third kappa shape index (κ3) is 6.01. The molecule has 4 unspecified atom stereocenters. The van der Waals surface area contributed by atoms with Gasteiger partial charge >= 0.3 is 5.97 Å². The summed E-state index contributed by atoms with van der Waals surface area (Å²) in [5, 5.41) is 23.9. The first-order valence-corrected chi connectivity index (χ1v) is 9.79. The molecule has 10 heteroatoms. The topological polar surface area (TPSA) is 162 Å². The molecule has 2 rings (SSSR count). The van der Waals surface area contributed by atoms with E-state index in [0.29, 0.717) is 12.8 Å². The van der Waals surface area contributed by atoms with Crippen LogP contribution in [0.1, 0.15) is 25.3 Å². The van der Waals surface area contributed by atoms with E-state index >= 15 is 0 Å². The lowest BCUT2D eigenvalue weighted by atomic mass is 10.0. The minimum Gasteiger partial charge on any atom is -0.480 e. The fraction of sp³-hybridized carbons (Fsp3) is 0.500. The van der Waals surface area contributed by atoms with Crippen LogP contribution in [0.4, 0.5) is 0 Å². The highest BCUT2D eigenvalue weighted by Crippen LogP contribution is 2.18. The lowest BCUT2D eigenvalue weighted by Gasteiger charge is -2.28. The Labute approximate surface area is 174 Å². The van der Waals surface area contributed by atoms with Crippen molar-refractivity contribution in [2.24, 2.45) is 5.73 Å². The number of hydrogen-bond donors (Lipinski definition) is 5. The highest BCUT2D eigenvalue weighted by atomic mass is 16.4. The van der Waals surface area contributed by atoms with Gasteiger partial charge in [-0.2, -0.15) is 0 Å². The normalized spacial score (nSPS) is 18.9. The number of aliphatic hydroxyl groups excluding tert-OH is 1. The van der Waals surface area contributed by atoms with Gasteiger partial charge in [-0.3, -0.25) is 14.4 Å². The molecule has 0 spiro atoms. The summed E-state index contributed by atoms with van der Waals surface area (Å²) in [4.78, 5) is 50.1. The van der Waals surface area contributed by atoms with Crippen molar-refractivity contribution in [3.8, 4) is 0 Å². The number of carbonyl (C=O) groups excluding carboxylic acids is 3. The summed E-state index contributed by atoms with van der Waals surface area (Å²) >= 11 is 0. The number of carboxylic acids is 1. The van der Waals surface area contributed by atoms with E-state index in [2.05, 4.69) is 10.6 Å². The Morgan fingerprint density at radius 3 is 2.33 bits per heavy atom. The van der Waals surface area contributed by atoms with Crippen LogP contribution in [0.5, 0.6) is 0 Å². The van der Waals surface area contributed by atoms with Gasteiger partial charge in [-0.15, -0.1) is 0 Å². The second-order valence-electron chi connectivity index (χ2n) is 7.31. The molecule has 10 nitrogen and oxygen atoms in total. The van der Waals surface area contributed by atoms with Gasteiger partial charge in [0.2, 0.25) is 17.7 Å². The molecule has 1 aliphatic rings. The van der Waals surface area contributed by atoms with E-state index in [0.717, 1.165) is 10.5 Å². The number of carboxylic acid groups (broad SMARTS) is 1. The zero-order valence-electron chi connectivity index (χ0n) is 16.8. The number of aliphatic hydroxyl groups is 1. The van der Waals surface area contributed by atoms with Crippen molar-refractivity contribution < 1.29 is 29.4 Å². The van der Waals surface area contributed by atoms with Gasteiger partial charge in [0.1, 0.15) is 18.1 Å². The first kappa shape index (κ1) is 23.3. The standard InChI is InChI=1S/C20H28N4O6/c1-12(21)17(26)22-14(10-13-6-3-2-4-7-13)18(27)23-15(11-25)19(28)24-9-5-8-16(24)20(29)30/h2-4,6-7,12,14-16,25H,5,8-11,21H2,1H3,(H,22,26)(H,23,27)(H,29,30). The first-order valence-electron chi connectivity index (χ1n) is 9.79. The number of benzene rings is 1. The number of nitrogens with two attached hydrogens (primary N) is 1. The highest BCUT2D eigenvalue weighted by molar-refractivity contribution is 5.94. The number of nitrogens with zero attached hydrogens (tertiary/aromatic N) is 1. The van der Waals surface area contributed by atoms with Crippen LogP contribution in [0.2, 0.25) is 0 Å². The number of rotatable bonds is 9. The average molecular weight is 420 g/mol. The van der Waals surface area contributed by atoms with Gasteiger partial charge in [-0.05, 0) is 25.3 Å². The Balaban J connectivity index is 2.13. The monoisotopic (exact) mass is 420 g/mol. The number of nitrogens with one attached hydrogen (secondary N) is 2. The van der Waals surface area contributed by atoms with E-state index in [1.165, 1.54) is 6.92 Å². The number of likely N-dealkylation sites (tertiary alicyclic amines) is 1. The molecule has 0 saturated carbocycles. The van der Waals surface area contributed by atoms with E-state index in [1.54, 1.807) is 24.3 Å². The number of amides is 3. The molecule has 1 aliphatic heterocycles. The SMILES string of the molecule is CC(N)C(=O)NC(Cc1ccccc1)C(=O)NC(CO)C(=O)N1CCCC1C(=O)O. The second-order valence-corrected chi connectivity index (χ2v) is 7.31. The van der Waals surface area contributed by atoms with Gasteiger partial charge in [0.25, 0.3) is 0 Å². The van der Waals surface area contributed by atoms with E-state index in [-0.39, 0.29) is 13.0 Å². The Bertz CT molecular complexity index is 770. The quantitative estimate of drug-likeness (QED) is 0.329. The predicted octanol–water partition coefficient (Wildman–Crippen LogP) is -1.39. The maximum absolute atomic E-state index is 12.8. The van der Waals surface area contributed by atoms with Crippen molar-refractivity contribution in [2.45, 2.75) is 50.4 Å². The fourth-order valence-electron chi connectivity index (χ4n) is 3.31. The van der Waals surface area contributed by atoms with Crippen LogP contribution in [-0.2, 0) is 25.6 Å². The van der Waals surface area contributed by atoms with Crippen LogP contribution in [0, 0.1) is 0 Å². The molecule has 4 atom stereocenters. The molecule has 1 fully saturated rings. The fourth-order valence-corrected chi connectivity index (χ4v) is 3.31. The Hall–Kier alpha value is -2.98. The third-order valence-corrected chi connectivity index (χ3v) is 4.95. The number of hydrogen-bond acceptors (Lipinski definition) is 6. The number of carbonyl (C=O) groups is 4. The molecule has 1 saturated heterocycles. The molecule has 1 heterocycles. The average Bonchev–Trinajstić information content (AvgIpc) is 3.21. The van der Waals surface area contributed by atoms with Crippen LogP contribution in [0.25, 0.3) is 0 Å². The smallest absolute Gasteiger partial charge is 0.326 e. The Morgan fingerprint density at radius 1 is 1.13 bits per heavy atom. The van der Waals surface area contributed by atoms with Crippen LogP contribution in [0.15, 0.2) is 30.3 Å². The molecule has 1 aromatic carbocycles. The van der Waals surface area contributed by atoms with E-state index < -0.39 is 54.5 Å². The Morgan fingerprint density at radius 2 is 1.77 bits per heavy atom. The van der Waals surface area contributed by atoms with Gasteiger partial charge in [-0.1, -0.05) is 30.3 Å². The van der Waals surface area contributed by atoms with Crippen molar-refractivity contribution >= 4 is 23.7 Å². The molecule has 6 N–H and O–H groups in total. The molecule has 0 aromatic heterocycles. The molecular formula is C20H28N4O6. The molecule has 3 amide bonds. The molecule has 0 aliphatic carbocycles. The van der Waals surface area contributed by atoms with Gasteiger partial charge < -0.3 is 31.5 Å². The minimum atomic E-state index is -1.32. The van der Waals surface area contributed by atoms with E-state index in [9.17, 15) is 29.4 Å². The minimum absolute atomic E-state index is 0.152. The molecule has 164 valence electrons.